The third-order valence-corrected chi connectivity index (χ3v) is 6.66. The molecule has 3 aromatic rings. The molecule has 3 aromatic carbocycles. The Hall–Kier alpha value is -3.11. The number of carbonyl (C=O) groups excluding carboxylic acids is 1. The quantitative estimate of drug-likeness (QED) is 0.245. The average Bonchev–Trinajstić information content (AvgIpc) is 2.93. The maximum absolute atomic E-state index is 11.8. The van der Waals surface area contributed by atoms with E-state index in [9.17, 15) is 4.79 Å². The summed E-state index contributed by atoms with van der Waals surface area (Å²) in [6.45, 7) is 4.60. The first-order valence-electron chi connectivity index (χ1n) is 12.8. The summed E-state index contributed by atoms with van der Waals surface area (Å²) in [5, 5.41) is 1.27. The highest BCUT2D eigenvalue weighted by atomic mass is 16.7. The van der Waals surface area contributed by atoms with Crippen molar-refractivity contribution < 1.29 is 14.4 Å². The highest BCUT2D eigenvalue weighted by Crippen LogP contribution is 2.46. The summed E-state index contributed by atoms with van der Waals surface area (Å²) in [5.41, 5.74) is 5.64. The number of rotatable bonds is 9. The van der Waals surface area contributed by atoms with Gasteiger partial charge in [-0.15, -0.1) is 0 Å². The van der Waals surface area contributed by atoms with Crippen molar-refractivity contribution in [3.05, 3.63) is 101 Å². The number of nitrogens with zero attached hydrogens (tertiary/aromatic N) is 1. The Morgan fingerprint density at radius 3 is 2.29 bits per heavy atom. The summed E-state index contributed by atoms with van der Waals surface area (Å²) in [7, 11) is 3.13. The number of carbonyl (C=O) groups is 1. The van der Waals surface area contributed by atoms with Crippen molar-refractivity contribution in [2.75, 3.05) is 20.8 Å². The van der Waals surface area contributed by atoms with Gasteiger partial charge in [-0.2, -0.15) is 0 Å². The number of hydroxylamine groups is 2. The number of benzene rings is 3. The van der Waals surface area contributed by atoms with E-state index in [0.29, 0.717) is 24.9 Å². The standard InChI is InChI=1S/C29H33NO3.C2H6/c1-30(32-2)28(31)14-8-9-21-33-25-18-15-24(16-19-25)29-26-13-7-6-12-23(26)17-20-27(29)22-10-4-3-5-11-22;1-2/h3-7,10-13,15-16,18-19,27,29H,8-9,14,17,20-21H2,1-2H3;1-2H3. The lowest BCUT2D eigenvalue weighted by Gasteiger charge is -2.34. The number of unbranched alkanes of at least 4 members (excludes halogenated alkanes) is 1. The van der Waals surface area contributed by atoms with Crippen LogP contribution in [-0.2, 0) is 16.1 Å². The van der Waals surface area contributed by atoms with Crippen LogP contribution < -0.4 is 4.74 Å². The summed E-state index contributed by atoms with van der Waals surface area (Å²) in [6, 6.07) is 28.4. The summed E-state index contributed by atoms with van der Waals surface area (Å²) in [6.07, 6.45) is 4.35. The molecule has 0 saturated heterocycles. The van der Waals surface area contributed by atoms with E-state index in [1.54, 1.807) is 7.05 Å². The van der Waals surface area contributed by atoms with E-state index >= 15 is 0 Å². The van der Waals surface area contributed by atoms with Gasteiger partial charge in [0.25, 0.3) is 0 Å². The molecule has 2 atom stereocenters. The van der Waals surface area contributed by atoms with Gasteiger partial charge < -0.3 is 4.74 Å². The van der Waals surface area contributed by atoms with Gasteiger partial charge in [-0.25, -0.2) is 5.06 Å². The van der Waals surface area contributed by atoms with Gasteiger partial charge in [0, 0.05) is 19.4 Å². The van der Waals surface area contributed by atoms with Crippen LogP contribution in [0.15, 0.2) is 78.9 Å². The minimum atomic E-state index is -0.0115. The highest BCUT2D eigenvalue weighted by molar-refractivity contribution is 5.74. The van der Waals surface area contributed by atoms with Crippen molar-refractivity contribution in [1.29, 1.82) is 0 Å². The smallest absolute Gasteiger partial charge is 0.245 e. The van der Waals surface area contributed by atoms with E-state index in [4.69, 9.17) is 9.57 Å². The zero-order valence-electron chi connectivity index (χ0n) is 21.6. The second-order valence-corrected chi connectivity index (χ2v) is 8.68. The monoisotopic (exact) mass is 473 g/mol. The number of hydrogen-bond donors (Lipinski definition) is 0. The van der Waals surface area contributed by atoms with Gasteiger partial charge in [-0.1, -0.05) is 80.6 Å². The first-order valence-corrected chi connectivity index (χ1v) is 12.8. The van der Waals surface area contributed by atoms with Crippen LogP contribution in [0.4, 0.5) is 0 Å². The zero-order chi connectivity index (χ0) is 25.0. The molecule has 4 rings (SSSR count). The average molecular weight is 474 g/mol. The van der Waals surface area contributed by atoms with Crippen LogP contribution >= 0.6 is 0 Å². The zero-order valence-corrected chi connectivity index (χ0v) is 21.6. The number of aryl methyl sites for hydroxylation is 1. The molecule has 0 heterocycles. The lowest BCUT2D eigenvalue weighted by Crippen LogP contribution is -2.25. The van der Waals surface area contributed by atoms with Gasteiger partial charge in [-0.05, 0) is 66.0 Å². The Balaban J connectivity index is 0.00000167. The third-order valence-electron chi connectivity index (χ3n) is 6.66. The Kier molecular flexibility index (Phi) is 10.4. The van der Waals surface area contributed by atoms with Crippen LogP contribution in [0, 0.1) is 0 Å². The molecule has 0 aliphatic heterocycles. The molecule has 0 aromatic heterocycles. The van der Waals surface area contributed by atoms with Gasteiger partial charge >= 0.3 is 0 Å². The molecule has 186 valence electrons. The van der Waals surface area contributed by atoms with Crippen molar-refractivity contribution in [2.24, 2.45) is 0 Å². The third kappa shape index (κ3) is 6.95. The van der Waals surface area contributed by atoms with Crippen LogP contribution in [0.1, 0.15) is 73.6 Å². The van der Waals surface area contributed by atoms with Crippen molar-refractivity contribution >= 4 is 5.91 Å². The fraction of sp³-hybridized carbons (Fsp3) is 0.387. The molecule has 0 saturated carbocycles. The molecule has 1 aliphatic rings. The van der Waals surface area contributed by atoms with E-state index in [-0.39, 0.29) is 5.91 Å². The van der Waals surface area contributed by atoms with Crippen molar-refractivity contribution in [1.82, 2.24) is 5.06 Å². The lowest BCUT2D eigenvalue weighted by atomic mass is 9.69. The minimum Gasteiger partial charge on any atom is -0.494 e. The van der Waals surface area contributed by atoms with Gasteiger partial charge in [-0.3, -0.25) is 9.63 Å². The highest BCUT2D eigenvalue weighted by Gasteiger charge is 2.31. The summed E-state index contributed by atoms with van der Waals surface area (Å²) in [5.74, 6) is 1.67. The SMILES string of the molecule is CC.CON(C)C(=O)CCCCOc1ccc(C2c3ccccc3CCC2c2ccccc2)cc1. The second-order valence-electron chi connectivity index (χ2n) is 8.68. The molecule has 2 unspecified atom stereocenters. The predicted octanol–water partition coefficient (Wildman–Crippen LogP) is 7.14. The maximum Gasteiger partial charge on any atom is 0.245 e. The molecule has 0 fully saturated rings. The van der Waals surface area contributed by atoms with Gasteiger partial charge in [0.1, 0.15) is 5.75 Å². The van der Waals surface area contributed by atoms with Crippen LogP contribution in [0.3, 0.4) is 0 Å². The molecule has 0 bridgehead atoms. The normalized spacial score (nSPS) is 16.5. The summed E-state index contributed by atoms with van der Waals surface area (Å²) < 4.78 is 5.94. The fourth-order valence-corrected chi connectivity index (χ4v) is 4.83. The van der Waals surface area contributed by atoms with Gasteiger partial charge in [0.15, 0.2) is 0 Å². The van der Waals surface area contributed by atoms with Crippen molar-refractivity contribution in [3.8, 4) is 5.75 Å². The van der Waals surface area contributed by atoms with Crippen LogP contribution in [0.5, 0.6) is 5.75 Å². The van der Waals surface area contributed by atoms with E-state index in [1.807, 2.05) is 13.8 Å². The Labute approximate surface area is 210 Å². The Bertz CT molecular complexity index is 1030. The number of hydrogen-bond acceptors (Lipinski definition) is 3. The molecule has 0 N–H and O–H groups in total. The lowest BCUT2D eigenvalue weighted by molar-refractivity contribution is -0.168. The van der Waals surface area contributed by atoms with Crippen LogP contribution in [-0.4, -0.2) is 31.7 Å². The maximum atomic E-state index is 11.8. The molecule has 4 nitrogen and oxygen atoms in total. The first kappa shape index (κ1) is 26.5. The number of amides is 1. The topological polar surface area (TPSA) is 38.8 Å². The molecule has 35 heavy (non-hydrogen) atoms. The fourth-order valence-electron chi connectivity index (χ4n) is 4.83. The predicted molar refractivity (Wildman–Crippen MR) is 143 cm³/mol. The number of fused-ring (bicyclic) bond motifs is 1. The van der Waals surface area contributed by atoms with E-state index in [0.717, 1.165) is 31.4 Å². The molecule has 0 radical (unpaired) electrons. The van der Waals surface area contributed by atoms with E-state index < -0.39 is 0 Å². The second kappa shape index (κ2) is 13.7. The Morgan fingerprint density at radius 2 is 1.57 bits per heavy atom. The molecule has 1 aliphatic carbocycles. The van der Waals surface area contributed by atoms with Gasteiger partial charge in [0.2, 0.25) is 5.91 Å². The molecule has 0 spiro atoms. The van der Waals surface area contributed by atoms with Gasteiger partial charge in [0.05, 0.1) is 13.7 Å². The molecule has 1 amide bonds. The summed E-state index contributed by atoms with van der Waals surface area (Å²) in [4.78, 5) is 16.7. The van der Waals surface area contributed by atoms with Crippen LogP contribution in [0.2, 0.25) is 0 Å². The van der Waals surface area contributed by atoms with Crippen LogP contribution in [0.25, 0.3) is 0 Å². The molecular formula is C31H39NO3. The number of ether oxygens (including phenoxy) is 1. The van der Waals surface area contributed by atoms with E-state index in [2.05, 4.69) is 78.9 Å². The van der Waals surface area contributed by atoms with E-state index in [1.165, 1.54) is 34.4 Å². The Morgan fingerprint density at radius 1 is 0.886 bits per heavy atom. The first-order chi connectivity index (χ1) is 17.2. The van der Waals surface area contributed by atoms with Crippen molar-refractivity contribution in [3.63, 3.8) is 0 Å². The molecular weight excluding hydrogens is 434 g/mol. The minimum absolute atomic E-state index is 0.0115. The summed E-state index contributed by atoms with van der Waals surface area (Å²) >= 11 is 0. The van der Waals surface area contributed by atoms with Crippen molar-refractivity contribution in [2.45, 2.75) is 57.8 Å². The largest absolute Gasteiger partial charge is 0.494 e. The molecule has 4 heteroatoms.